The third kappa shape index (κ3) is 4.47. The maximum Gasteiger partial charge on any atom is 0.257 e. The van der Waals surface area contributed by atoms with E-state index in [0.29, 0.717) is 27.1 Å². The van der Waals surface area contributed by atoms with Crippen molar-refractivity contribution >= 4 is 45.6 Å². The Hall–Kier alpha value is -2.70. The lowest BCUT2D eigenvalue weighted by atomic mass is 10.2. The van der Waals surface area contributed by atoms with E-state index in [1.807, 2.05) is 13.0 Å². The molecule has 0 aliphatic rings. The third-order valence-electron chi connectivity index (χ3n) is 3.69. The van der Waals surface area contributed by atoms with Crippen molar-refractivity contribution in [2.75, 3.05) is 10.6 Å². The van der Waals surface area contributed by atoms with Gasteiger partial charge < -0.3 is 5.32 Å². The number of benzene rings is 2. The van der Waals surface area contributed by atoms with E-state index >= 15 is 0 Å². The summed E-state index contributed by atoms with van der Waals surface area (Å²) in [6.07, 6.45) is 0.115. The summed E-state index contributed by atoms with van der Waals surface area (Å²) in [5, 5.41) is 8.38. The fourth-order valence-corrected chi connectivity index (χ4v) is 3.19. The maximum absolute atomic E-state index is 12.2. The number of amides is 2. The zero-order valence-corrected chi connectivity index (χ0v) is 15.5. The minimum absolute atomic E-state index is 0.115. The molecule has 1 heterocycles. The Bertz CT molecular complexity index is 941. The van der Waals surface area contributed by atoms with Crippen LogP contribution in [0.2, 0.25) is 5.02 Å². The van der Waals surface area contributed by atoms with Crippen LogP contribution in [0.4, 0.5) is 10.8 Å². The summed E-state index contributed by atoms with van der Waals surface area (Å²) >= 11 is 7.34. The standard InChI is InChI=1S/C19H16ClN3O2S/c1-12-15(20)8-5-9-16(12)22-17(24)10-14-11-26-19(21-14)23-18(25)13-6-3-2-4-7-13/h2-9,11H,10H2,1H3,(H,22,24)(H,21,23,25). The van der Waals surface area contributed by atoms with Gasteiger partial charge in [-0.15, -0.1) is 11.3 Å². The third-order valence-corrected chi connectivity index (χ3v) is 4.91. The number of carbonyl (C=O) groups is 2. The fraction of sp³-hybridized carbons (Fsp3) is 0.105. The number of hydrogen-bond acceptors (Lipinski definition) is 4. The first-order valence-electron chi connectivity index (χ1n) is 7.88. The summed E-state index contributed by atoms with van der Waals surface area (Å²) in [5.74, 6) is -0.424. The molecule has 0 saturated carbocycles. The number of nitrogens with one attached hydrogen (secondary N) is 2. The zero-order valence-electron chi connectivity index (χ0n) is 14.0. The van der Waals surface area contributed by atoms with Crippen LogP contribution in [0.5, 0.6) is 0 Å². The van der Waals surface area contributed by atoms with Crippen molar-refractivity contribution in [1.82, 2.24) is 4.98 Å². The number of aromatic nitrogens is 1. The van der Waals surface area contributed by atoms with Gasteiger partial charge in [0.05, 0.1) is 12.1 Å². The van der Waals surface area contributed by atoms with Gasteiger partial charge in [0.1, 0.15) is 0 Å². The highest BCUT2D eigenvalue weighted by atomic mass is 35.5. The van der Waals surface area contributed by atoms with Gasteiger partial charge in [-0.2, -0.15) is 0 Å². The van der Waals surface area contributed by atoms with Gasteiger partial charge in [0, 0.05) is 21.7 Å². The molecule has 5 nitrogen and oxygen atoms in total. The van der Waals surface area contributed by atoms with Crippen LogP contribution in [0.1, 0.15) is 21.6 Å². The van der Waals surface area contributed by atoms with Crippen LogP contribution in [0.15, 0.2) is 53.9 Å². The number of anilines is 2. The van der Waals surface area contributed by atoms with Crippen LogP contribution in [0.3, 0.4) is 0 Å². The molecule has 0 bridgehead atoms. The van der Waals surface area contributed by atoms with E-state index in [0.717, 1.165) is 5.56 Å². The van der Waals surface area contributed by atoms with Gasteiger partial charge in [0.2, 0.25) is 5.91 Å². The normalized spacial score (nSPS) is 10.4. The van der Waals surface area contributed by atoms with Crippen molar-refractivity contribution in [2.24, 2.45) is 0 Å². The molecule has 0 aliphatic heterocycles. The molecule has 3 aromatic rings. The zero-order chi connectivity index (χ0) is 18.5. The fourth-order valence-electron chi connectivity index (χ4n) is 2.31. The van der Waals surface area contributed by atoms with E-state index in [1.54, 1.807) is 47.8 Å². The molecule has 0 atom stereocenters. The van der Waals surface area contributed by atoms with Crippen molar-refractivity contribution in [2.45, 2.75) is 13.3 Å². The van der Waals surface area contributed by atoms with Gasteiger partial charge in [-0.1, -0.05) is 35.9 Å². The summed E-state index contributed by atoms with van der Waals surface area (Å²) in [6.45, 7) is 1.85. The predicted octanol–water partition coefficient (Wildman–Crippen LogP) is 4.54. The first-order valence-corrected chi connectivity index (χ1v) is 9.14. The van der Waals surface area contributed by atoms with Crippen LogP contribution < -0.4 is 10.6 Å². The molecule has 26 heavy (non-hydrogen) atoms. The average Bonchev–Trinajstić information content (AvgIpc) is 3.06. The number of nitrogens with zero attached hydrogens (tertiary/aromatic N) is 1. The molecule has 0 spiro atoms. The molecule has 0 unspecified atom stereocenters. The smallest absolute Gasteiger partial charge is 0.257 e. The van der Waals surface area contributed by atoms with Crippen molar-refractivity contribution in [3.8, 4) is 0 Å². The minimum Gasteiger partial charge on any atom is -0.325 e. The Morgan fingerprint density at radius 3 is 2.62 bits per heavy atom. The van der Waals surface area contributed by atoms with Crippen LogP contribution in [-0.4, -0.2) is 16.8 Å². The van der Waals surface area contributed by atoms with Crippen LogP contribution >= 0.6 is 22.9 Å². The SMILES string of the molecule is Cc1c(Cl)cccc1NC(=O)Cc1csc(NC(=O)c2ccccc2)n1. The lowest BCUT2D eigenvalue weighted by Gasteiger charge is -2.08. The molecule has 2 aromatic carbocycles. The molecular weight excluding hydrogens is 370 g/mol. The highest BCUT2D eigenvalue weighted by Crippen LogP contribution is 2.23. The van der Waals surface area contributed by atoms with E-state index in [4.69, 9.17) is 11.6 Å². The molecule has 0 aliphatic carbocycles. The van der Waals surface area contributed by atoms with Crippen molar-refractivity contribution in [1.29, 1.82) is 0 Å². The largest absolute Gasteiger partial charge is 0.325 e. The molecule has 0 saturated heterocycles. The van der Waals surface area contributed by atoms with Gasteiger partial charge in [0.25, 0.3) is 5.91 Å². The molecule has 7 heteroatoms. The Kier molecular flexibility index (Phi) is 5.65. The monoisotopic (exact) mass is 385 g/mol. The molecule has 132 valence electrons. The Morgan fingerprint density at radius 1 is 1.08 bits per heavy atom. The average molecular weight is 386 g/mol. The second-order valence-corrected chi connectivity index (χ2v) is 6.87. The number of hydrogen-bond donors (Lipinski definition) is 2. The summed E-state index contributed by atoms with van der Waals surface area (Å²) in [6, 6.07) is 14.2. The second-order valence-electron chi connectivity index (χ2n) is 5.60. The second kappa shape index (κ2) is 8.12. The Labute approximate surface area is 160 Å². The molecule has 0 fully saturated rings. The molecule has 1 aromatic heterocycles. The highest BCUT2D eigenvalue weighted by Gasteiger charge is 2.12. The number of rotatable bonds is 5. The lowest BCUT2D eigenvalue weighted by molar-refractivity contribution is -0.115. The molecule has 0 radical (unpaired) electrons. The van der Waals surface area contributed by atoms with E-state index in [-0.39, 0.29) is 18.2 Å². The summed E-state index contributed by atoms with van der Waals surface area (Å²) < 4.78 is 0. The van der Waals surface area contributed by atoms with Crippen LogP contribution in [0.25, 0.3) is 0 Å². The van der Waals surface area contributed by atoms with Gasteiger partial charge in [0.15, 0.2) is 5.13 Å². The van der Waals surface area contributed by atoms with Crippen LogP contribution in [-0.2, 0) is 11.2 Å². The topological polar surface area (TPSA) is 71.1 Å². The summed E-state index contributed by atoms with van der Waals surface area (Å²) in [4.78, 5) is 28.6. The Balaban J connectivity index is 1.60. The lowest BCUT2D eigenvalue weighted by Crippen LogP contribution is -2.16. The van der Waals surface area contributed by atoms with Crippen LogP contribution in [0, 0.1) is 6.92 Å². The minimum atomic E-state index is -0.231. The summed E-state index contributed by atoms with van der Waals surface area (Å²) in [5.41, 5.74) is 2.64. The first-order chi connectivity index (χ1) is 12.5. The first kappa shape index (κ1) is 18.1. The quantitative estimate of drug-likeness (QED) is 0.677. The summed E-state index contributed by atoms with van der Waals surface area (Å²) in [7, 11) is 0. The maximum atomic E-state index is 12.2. The van der Waals surface area contributed by atoms with E-state index in [9.17, 15) is 9.59 Å². The van der Waals surface area contributed by atoms with E-state index in [2.05, 4.69) is 15.6 Å². The molecule has 2 N–H and O–H groups in total. The van der Waals surface area contributed by atoms with Crippen molar-refractivity contribution in [3.63, 3.8) is 0 Å². The van der Waals surface area contributed by atoms with Crippen molar-refractivity contribution in [3.05, 3.63) is 75.8 Å². The van der Waals surface area contributed by atoms with Gasteiger partial charge >= 0.3 is 0 Å². The van der Waals surface area contributed by atoms with E-state index in [1.165, 1.54) is 11.3 Å². The molecular formula is C19H16ClN3O2S. The molecule has 3 rings (SSSR count). The number of thiazole rings is 1. The molecule has 2 amide bonds. The van der Waals surface area contributed by atoms with E-state index < -0.39 is 0 Å². The van der Waals surface area contributed by atoms with Crippen molar-refractivity contribution < 1.29 is 9.59 Å². The van der Waals surface area contributed by atoms with Gasteiger partial charge in [-0.05, 0) is 36.8 Å². The van der Waals surface area contributed by atoms with Gasteiger partial charge in [-0.3, -0.25) is 14.9 Å². The number of carbonyl (C=O) groups excluding carboxylic acids is 2. The highest BCUT2D eigenvalue weighted by molar-refractivity contribution is 7.14. The number of halogens is 1. The Morgan fingerprint density at radius 2 is 1.85 bits per heavy atom. The predicted molar refractivity (Wildman–Crippen MR) is 105 cm³/mol. The van der Waals surface area contributed by atoms with Gasteiger partial charge in [-0.25, -0.2) is 4.98 Å².